The van der Waals surface area contributed by atoms with Crippen LogP contribution in [0.2, 0.25) is 0 Å². The third kappa shape index (κ3) is 7.50. The highest BCUT2D eigenvalue weighted by molar-refractivity contribution is 5.86. The minimum absolute atomic E-state index is 0. The van der Waals surface area contributed by atoms with E-state index in [1.165, 1.54) is 10.5 Å². The first-order valence-electron chi connectivity index (χ1n) is 8.78. The molecule has 1 aromatic carbocycles. The number of hydrogen-bond acceptors (Lipinski definition) is 4. The predicted octanol–water partition coefficient (Wildman–Crippen LogP) is 1.78. The van der Waals surface area contributed by atoms with Gasteiger partial charge in [0.15, 0.2) is 0 Å². The van der Waals surface area contributed by atoms with E-state index in [1.807, 2.05) is 30.3 Å². The Hall–Kier alpha value is -2.09. The Labute approximate surface area is 178 Å². The average molecular weight is 430 g/mol. The van der Waals surface area contributed by atoms with Crippen LogP contribution < -0.4 is 5.73 Å². The van der Waals surface area contributed by atoms with E-state index in [4.69, 9.17) is 5.73 Å². The van der Waals surface area contributed by atoms with E-state index in [-0.39, 0.29) is 43.2 Å². The lowest BCUT2D eigenvalue weighted by atomic mass is 10.1. The lowest BCUT2D eigenvalue weighted by Gasteiger charge is -2.26. The molecule has 0 aliphatic carbocycles. The second-order valence-corrected chi connectivity index (χ2v) is 6.26. The largest absolute Gasteiger partial charge is 0.340 e. The Morgan fingerprint density at radius 2 is 1.82 bits per heavy atom. The molecule has 156 valence electrons. The van der Waals surface area contributed by atoms with Crippen LogP contribution in [0.5, 0.6) is 0 Å². The Morgan fingerprint density at radius 3 is 2.39 bits per heavy atom. The molecule has 2 N–H and O–H groups in total. The number of nitrogens with zero attached hydrogens (tertiary/aromatic N) is 4. The smallest absolute Gasteiger partial charge is 0.247 e. The number of halogens is 2. The number of amides is 2. The highest BCUT2D eigenvalue weighted by atomic mass is 35.5. The molecule has 1 heterocycles. The van der Waals surface area contributed by atoms with E-state index >= 15 is 0 Å². The summed E-state index contributed by atoms with van der Waals surface area (Å²) >= 11 is 0. The summed E-state index contributed by atoms with van der Waals surface area (Å²) in [5.74, 6) is -0.257. The first-order chi connectivity index (χ1) is 12.5. The molecule has 28 heavy (non-hydrogen) atoms. The van der Waals surface area contributed by atoms with Crippen molar-refractivity contribution in [3.63, 3.8) is 0 Å². The number of carbonyl (C=O) groups is 2. The number of carbonyl (C=O) groups excluding carboxylic acids is 2. The number of hydrogen-bond donors (Lipinski definition) is 1. The Kier molecular flexibility index (Phi) is 12.2. The molecule has 9 heteroatoms. The zero-order valence-electron chi connectivity index (χ0n) is 16.2. The molecule has 0 spiro atoms. The summed E-state index contributed by atoms with van der Waals surface area (Å²) in [5.41, 5.74) is 6.82. The van der Waals surface area contributed by atoms with Gasteiger partial charge in [-0.2, -0.15) is 5.10 Å². The molecule has 1 aromatic heterocycles. The van der Waals surface area contributed by atoms with Gasteiger partial charge < -0.3 is 15.5 Å². The Balaban J connectivity index is 0.00000364. The third-order valence-corrected chi connectivity index (χ3v) is 4.29. The maximum absolute atomic E-state index is 12.6. The van der Waals surface area contributed by atoms with Crippen molar-refractivity contribution in [1.29, 1.82) is 0 Å². The second kappa shape index (κ2) is 13.1. The van der Waals surface area contributed by atoms with Gasteiger partial charge in [-0.05, 0) is 25.0 Å². The molecule has 0 aliphatic heterocycles. The van der Waals surface area contributed by atoms with Gasteiger partial charge in [-0.15, -0.1) is 24.8 Å². The number of likely N-dealkylation sites (N-methyl/N-ethyl adjacent to an activating group) is 1. The minimum atomic E-state index is -0.449. The fraction of sp³-hybridized carbons (Fsp3) is 0.421. The zero-order valence-corrected chi connectivity index (χ0v) is 17.9. The van der Waals surface area contributed by atoms with E-state index < -0.39 is 6.04 Å². The van der Waals surface area contributed by atoms with E-state index in [1.54, 1.807) is 42.0 Å². The van der Waals surface area contributed by atoms with Crippen molar-refractivity contribution in [2.24, 2.45) is 5.73 Å². The average Bonchev–Trinajstić information content (AvgIpc) is 3.19. The van der Waals surface area contributed by atoms with Crippen LogP contribution in [0.15, 0.2) is 48.8 Å². The molecule has 0 bridgehead atoms. The van der Waals surface area contributed by atoms with Crippen molar-refractivity contribution < 1.29 is 9.59 Å². The summed E-state index contributed by atoms with van der Waals surface area (Å²) in [6.07, 6.45) is 4.12. The van der Waals surface area contributed by atoms with Gasteiger partial charge in [-0.1, -0.05) is 30.3 Å². The molecule has 0 saturated carbocycles. The van der Waals surface area contributed by atoms with Gasteiger partial charge in [0, 0.05) is 39.1 Å². The number of aromatic nitrogens is 2. The molecule has 0 fully saturated rings. The van der Waals surface area contributed by atoms with Crippen LogP contribution >= 0.6 is 24.8 Å². The van der Waals surface area contributed by atoms with Crippen molar-refractivity contribution in [3.05, 3.63) is 54.4 Å². The molecule has 0 saturated heterocycles. The summed E-state index contributed by atoms with van der Waals surface area (Å²) in [7, 11) is 1.64. The van der Waals surface area contributed by atoms with Gasteiger partial charge in [-0.3, -0.25) is 14.3 Å². The van der Waals surface area contributed by atoms with Crippen LogP contribution in [-0.2, 0) is 16.0 Å². The van der Waals surface area contributed by atoms with Crippen molar-refractivity contribution in [1.82, 2.24) is 19.6 Å². The zero-order chi connectivity index (χ0) is 18.9. The maximum Gasteiger partial charge on any atom is 0.247 e. The molecular weight excluding hydrogens is 401 g/mol. The van der Waals surface area contributed by atoms with Gasteiger partial charge >= 0.3 is 0 Å². The van der Waals surface area contributed by atoms with Crippen LogP contribution in [0.1, 0.15) is 18.5 Å². The predicted molar refractivity (Wildman–Crippen MR) is 115 cm³/mol. The number of benzene rings is 1. The monoisotopic (exact) mass is 429 g/mol. The lowest BCUT2D eigenvalue weighted by molar-refractivity contribution is -0.141. The van der Waals surface area contributed by atoms with Gasteiger partial charge in [0.05, 0.1) is 6.54 Å². The minimum Gasteiger partial charge on any atom is -0.340 e. The van der Waals surface area contributed by atoms with Crippen molar-refractivity contribution in [2.45, 2.75) is 19.4 Å². The first-order valence-corrected chi connectivity index (χ1v) is 8.78. The normalized spacial score (nSPS) is 11.0. The lowest BCUT2D eigenvalue weighted by Crippen LogP contribution is -2.45. The molecule has 2 aromatic rings. The Bertz CT molecular complexity index is 698. The van der Waals surface area contributed by atoms with Crippen LogP contribution in [0.4, 0.5) is 0 Å². The quantitative estimate of drug-likeness (QED) is 0.657. The third-order valence-electron chi connectivity index (χ3n) is 4.29. The van der Waals surface area contributed by atoms with E-state index in [9.17, 15) is 9.59 Å². The molecule has 1 unspecified atom stereocenters. The second-order valence-electron chi connectivity index (χ2n) is 6.26. The maximum atomic E-state index is 12.6. The van der Waals surface area contributed by atoms with Crippen LogP contribution in [0.25, 0.3) is 0 Å². The van der Waals surface area contributed by atoms with Gasteiger partial charge in [0.25, 0.3) is 0 Å². The molecule has 0 radical (unpaired) electrons. The standard InChI is InChI=1S/C19H27N5O2.2ClH/c1-16(24-12-6-11-21-24)19(26)22(2)15-18(25)23(14-10-20)13-9-17-7-4-3-5-8-17;;/h3-8,11-12,16H,9-10,13-15,20H2,1-2H3;2*1H. The highest BCUT2D eigenvalue weighted by Crippen LogP contribution is 2.08. The summed E-state index contributed by atoms with van der Waals surface area (Å²) in [5, 5.41) is 4.08. The van der Waals surface area contributed by atoms with Crippen LogP contribution in [-0.4, -0.2) is 64.6 Å². The van der Waals surface area contributed by atoms with Gasteiger partial charge in [0.2, 0.25) is 11.8 Å². The Morgan fingerprint density at radius 1 is 1.14 bits per heavy atom. The summed E-state index contributed by atoms with van der Waals surface area (Å²) in [6.45, 7) is 3.24. The van der Waals surface area contributed by atoms with Crippen LogP contribution in [0.3, 0.4) is 0 Å². The summed E-state index contributed by atoms with van der Waals surface area (Å²) < 4.78 is 1.58. The molecule has 7 nitrogen and oxygen atoms in total. The highest BCUT2D eigenvalue weighted by Gasteiger charge is 2.23. The molecule has 2 amide bonds. The van der Waals surface area contributed by atoms with Gasteiger partial charge in [0.1, 0.15) is 6.04 Å². The molecule has 1 atom stereocenters. The molecule has 0 aliphatic rings. The topological polar surface area (TPSA) is 84.5 Å². The summed E-state index contributed by atoms with van der Waals surface area (Å²) in [4.78, 5) is 28.3. The van der Waals surface area contributed by atoms with Crippen molar-refractivity contribution in [3.8, 4) is 0 Å². The van der Waals surface area contributed by atoms with Gasteiger partial charge in [-0.25, -0.2) is 0 Å². The number of nitrogens with two attached hydrogens (primary N) is 1. The van der Waals surface area contributed by atoms with E-state index in [0.29, 0.717) is 19.6 Å². The van der Waals surface area contributed by atoms with Crippen LogP contribution in [0, 0.1) is 0 Å². The fourth-order valence-corrected chi connectivity index (χ4v) is 2.75. The fourth-order valence-electron chi connectivity index (χ4n) is 2.75. The SMILES string of the molecule is CC(C(=O)N(C)CC(=O)N(CCN)CCc1ccccc1)n1cccn1.Cl.Cl. The van der Waals surface area contributed by atoms with E-state index in [2.05, 4.69) is 5.10 Å². The number of rotatable bonds is 9. The molecular formula is C19H29Cl2N5O2. The van der Waals surface area contributed by atoms with Crippen molar-refractivity contribution >= 4 is 36.6 Å². The molecule has 2 rings (SSSR count). The van der Waals surface area contributed by atoms with E-state index in [0.717, 1.165) is 6.42 Å². The van der Waals surface area contributed by atoms with Crippen molar-refractivity contribution in [2.75, 3.05) is 33.2 Å². The first kappa shape index (κ1) is 25.9. The summed E-state index contributed by atoms with van der Waals surface area (Å²) in [6, 6.07) is 11.3.